The average Bonchev–Trinajstić information content (AvgIpc) is 2.24. The van der Waals surface area contributed by atoms with Crippen LogP contribution in [0.4, 0.5) is 12.9 Å². The van der Waals surface area contributed by atoms with Crippen LogP contribution >= 0.6 is 0 Å². The van der Waals surface area contributed by atoms with Crippen molar-refractivity contribution in [1.29, 1.82) is 0 Å². The fourth-order valence-corrected chi connectivity index (χ4v) is 2.41. The minimum Gasteiger partial charge on any atom is -0.449 e. The van der Waals surface area contributed by atoms with E-state index in [1.165, 1.54) is 12.1 Å². The van der Waals surface area contributed by atoms with Crippen molar-refractivity contribution in [2.24, 2.45) is 0 Å². The molecule has 1 N–H and O–H groups in total. The van der Waals surface area contributed by atoms with E-state index in [1.54, 1.807) is 12.1 Å². The monoisotopic (exact) mass is 319 g/mol. The Labute approximate surface area is 153 Å². The minimum absolute atomic E-state index is 0. The summed E-state index contributed by atoms with van der Waals surface area (Å²) in [7, 11) is -3.71. The van der Waals surface area contributed by atoms with Crippen LogP contribution in [-0.2, 0) is 10.0 Å². The molecule has 0 radical (unpaired) electrons. The normalized spacial score (nSPS) is 12.0. The molecule has 19 heavy (non-hydrogen) atoms. The van der Waals surface area contributed by atoms with E-state index in [-0.39, 0.29) is 69.2 Å². The summed E-state index contributed by atoms with van der Waals surface area (Å²) in [6.45, 7) is -3.24. The standard InChI is InChI=1S/C10H14BF3NO2S.K/c1-9-3-5-10(6-4-9)18(16,17)15-8-2-7-11(12,13)14;/h3-6,15H,2,7-8H2,1H3;/q-1;+1. The molecule has 1 rings (SSSR count). The van der Waals surface area contributed by atoms with Gasteiger partial charge in [0.1, 0.15) is 0 Å². The average molecular weight is 319 g/mol. The van der Waals surface area contributed by atoms with Crippen LogP contribution in [0.5, 0.6) is 0 Å². The molecule has 0 bridgehead atoms. The Hall–Kier alpha value is 0.621. The van der Waals surface area contributed by atoms with Gasteiger partial charge in [0.05, 0.1) is 4.90 Å². The molecule has 102 valence electrons. The minimum atomic E-state index is -4.85. The van der Waals surface area contributed by atoms with Gasteiger partial charge in [0.15, 0.2) is 0 Å². The van der Waals surface area contributed by atoms with Gasteiger partial charge in [0.25, 0.3) is 0 Å². The molecular weight excluding hydrogens is 305 g/mol. The molecule has 1 aromatic carbocycles. The largest absolute Gasteiger partial charge is 1.00 e. The summed E-state index contributed by atoms with van der Waals surface area (Å²) in [5.74, 6) is 0. The SMILES string of the molecule is Cc1ccc(S(=O)(=O)NCCC[B-](F)(F)F)cc1.[K+]. The van der Waals surface area contributed by atoms with Crippen molar-refractivity contribution in [2.75, 3.05) is 6.54 Å². The van der Waals surface area contributed by atoms with E-state index in [2.05, 4.69) is 4.72 Å². The van der Waals surface area contributed by atoms with Crippen LogP contribution in [0.3, 0.4) is 0 Å². The summed E-state index contributed by atoms with van der Waals surface area (Å²) in [4.78, 5) is 0.0608. The molecule has 0 heterocycles. The molecule has 0 aliphatic carbocycles. The molecule has 0 aliphatic rings. The number of rotatable bonds is 6. The van der Waals surface area contributed by atoms with Crippen molar-refractivity contribution in [1.82, 2.24) is 4.72 Å². The van der Waals surface area contributed by atoms with Crippen molar-refractivity contribution in [3.8, 4) is 0 Å². The van der Waals surface area contributed by atoms with Gasteiger partial charge in [-0.25, -0.2) is 13.1 Å². The molecule has 0 amide bonds. The first kappa shape index (κ1) is 19.6. The predicted octanol–water partition coefficient (Wildman–Crippen LogP) is -0.485. The second kappa shape index (κ2) is 8.16. The second-order valence-electron chi connectivity index (χ2n) is 4.06. The van der Waals surface area contributed by atoms with Gasteiger partial charge in [0.2, 0.25) is 10.0 Å². The molecule has 9 heteroatoms. The van der Waals surface area contributed by atoms with Crippen molar-refractivity contribution >= 4 is 17.0 Å². The van der Waals surface area contributed by atoms with Gasteiger partial charge in [-0.15, -0.1) is 0 Å². The number of nitrogens with one attached hydrogen (secondary N) is 1. The van der Waals surface area contributed by atoms with Crippen LogP contribution in [0.2, 0.25) is 6.32 Å². The molecular formula is C10H14BF3KNO2S. The summed E-state index contributed by atoms with van der Waals surface area (Å²) in [6, 6.07) is 6.11. The summed E-state index contributed by atoms with van der Waals surface area (Å²) in [5, 5.41) is 0. The van der Waals surface area contributed by atoms with Gasteiger partial charge in [-0.3, -0.25) is 0 Å². The van der Waals surface area contributed by atoms with E-state index < -0.39 is 23.3 Å². The quantitative estimate of drug-likeness (QED) is 0.568. The van der Waals surface area contributed by atoms with E-state index in [9.17, 15) is 21.4 Å². The fraction of sp³-hybridized carbons (Fsp3) is 0.400. The molecule has 0 aliphatic heterocycles. The van der Waals surface area contributed by atoms with Crippen LogP contribution in [-0.4, -0.2) is 21.9 Å². The third kappa shape index (κ3) is 7.84. The number of hydrogen-bond acceptors (Lipinski definition) is 2. The van der Waals surface area contributed by atoms with Crippen molar-refractivity contribution in [2.45, 2.75) is 24.6 Å². The van der Waals surface area contributed by atoms with Crippen LogP contribution in [0.1, 0.15) is 12.0 Å². The Morgan fingerprint density at radius 1 is 1.16 bits per heavy atom. The van der Waals surface area contributed by atoms with Gasteiger partial charge in [-0.2, -0.15) is 0 Å². The van der Waals surface area contributed by atoms with Crippen LogP contribution in [0.25, 0.3) is 0 Å². The molecule has 0 saturated carbocycles. The fourth-order valence-electron chi connectivity index (χ4n) is 1.34. The van der Waals surface area contributed by atoms with E-state index in [1.807, 2.05) is 6.92 Å². The van der Waals surface area contributed by atoms with Gasteiger partial charge in [-0.05, 0) is 19.1 Å². The molecule has 3 nitrogen and oxygen atoms in total. The number of sulfonamides is 1. The van der Waals surface area contributed by atoms with E-state index in [4.69, 9.17) is 0 Å². The van der Waals surface area contributed by atoms with Crippen molar-refractivity contribution in [3.05, 3.63) is 29.8 Å². The Kier molecular flexibility index (Phi) is 8.43. The molecule has 0 saturated heterocycles. The second-order valence-corrected chi connectivity index (χ2v) is 5.83. The van der Waals surface area contributed by atoms with Crippen LogP contribution in [0, 0.1) is 6.92 Å². The number of benzene rings is 1. The topological polar surface area (TPSA) is 46.2 Å². The first-order valence-electron chi connectivity index (χ1n) is 5.48. The predicted molar refractivity (Wildman–Crippen MR) is 64.9 cm³/mol. The van der Waals surface area contributed by atoms with Gasteiger partial charge >= 0.3 is 58.4 Å². The Balaban J connectivity index is 0.00000324. The summed E-state index contributed by atoms with van der Waals surface area (Å²) in [6.07, 6.45) is -1.18. The van der Waals surface area contributed by atoms with Gasteiger partial charge in [0, 0.05) is 6.54 Å². The molecule has 0 aromatic heterocycles. The van der Waals surface area contributed by atoms with E-state index in [0.29, 0.717) is 0 Å². The Morgan fingerprint density at radius 2 is 1.68 bits per heavy atom. The van der Waals surface area contributed by atoms with Gasteiger partial charge in [-0.1, -0.05) is 30.4 Å². The zero-order valence-electron chi connectivity index (χ0n) is 10.9. The van der Waals surface area contributed by atoms with E-state index in [0.717, 1.165) is 5.56 Å². The van der Waals surface area contributed by atoms with Crippen molar-refractivity contribution in [3.63, 3.8) is 0 Å². The summed E-state index contributed by atoms with van der Waals surface area (Å²) in [5.41, 5.74) is 0.911. The first-order valence-corrected chi connectivity index (χ1v) is 6.96. The maximum atomic E-state index is 11.9. The summed E-state index contributed by atoms with van der Waals surface area (Å²) >= 11 is 0. The van der Waals surface area contributed by atoms with Crippen molar-refractivity contribution < 1.29 is 72.7 Å². The van der Waals surface area contributed by atoms with Crippen LogP contribution in [0.15, 0.2) is 29.2 Å². The third-order valence-electron chi connectivity index (χ3n) is 2.33. The first-order chi connectivity index (χ1) is 8.21. The summed E-state index contributed by atoms with van der Waals surface area (Å²) < 4.78 is 61.3. The third-order valence-corrected chi connectivity index (χ3v) is 3.81. The maximum Gasteiger partial charge on any atom is 1.00 e. The van der Waals surface area contributed by atoms with E-state index >= 15 is 0 Å². The molecule has 0 spiro atoms. The zero-order chi connectivity index (χ0) is 13.8. The van der Waals surface area contributed by atoms with Gasteiger partial charge < -0.3 is 12.9 Å². The molecule has 0 unspecified atom stereocenters. The number of aryl methyl sites for hydroxylation is 1. The number of halogens is 3. The smallest absolute Gasteiger partial charge is 0.449 e. The Bertz CT molecular complexity index is 490. The Morgan fingerprint density at radius 3 is 2.16 bits per heavy atom. The maximum absolute atomic E-state index is 11.9. The molecule has 1 aromatic rings. The molecule has 0 fully saturated rings. The molecule has 0 atom stereocenters. The van der Waals surface area contributed by atoms with Crippen LogP contribution < -0.4 is 56.1 Å². The number of hydrogen-bond donors (Lipinski definition) is 1. The zero-order valence-corrected chi connectivity index (χ0v) is 14.8.